The summed E-state index contributed by atoms with van der Waals surface area (Å²) in [7, 11) is 1.50. The van der Waals surface area contributed by atoms with Crippen LogP contribution in [0.4, 0.5) is 5.69 Å². The van der Waals surface area contributed by atoms with Crippen LogP contribution in [-0.2, 0) is 11.4 Å². The maximum atomic E-state index is 12.6. The van der Waals surface area contributed by atoms with E-state index in [2.05, 4.69) is 21.2 Å². The molecule has 0 aliphatic heterocycles. The van der Waals surface area contributed by atoms with Gasteiger partial charge in [-0.25, -0.2) is 0 Å². The van der Waals surface area contributed by atoms with E-state index in [4.69, 9.17) is 44.3 Å². The first kappa shape index (κ1) is 24.9. The van der Waals surface area contributed by atoms with Gasteiger partial charge in [0, 0.05) is 20.7 Å². The van der Waals surface area contributed by atoms with Crippen molar-refractivity contribution in [3.8, 4) is 17.6 Å². The van der Waals surface area contributed by atoms with Crippen molar-refractivity contribution in [1.29, 1.82) is 5.26 Å². The smallest absolute Gasteiger partial charge is 0.266 e. The number of halogens is 4. The average molecular weight is 567 g/mol. The van der Waals surface area contributed by atoms with Gasteiger partial charge in [-0.2, -0.15) is 5.26 Å². The maximum absolute atomic E-state index is 12.6. The highest BCUT2D eigenvalue weighted by Gasteiger charge is 2.15. The Bertz CT molecular complexity index is 1270. The van der Waals surface area contributed by atoms with Gasteiger partial charge in [-0.3, -0.25) is 4.79 Å². The average Bonchev–Trinajstić information content (AvgIpc) is 2.80. The van der Waals surface area contributed by atoms with Gasteiger partial charge in [0.2, 0.25) is 0 Å². The monoisotopic (exact) mass is 564 g/mol. The van der Waals surface area contributed by atoms with Gasteiger partial charge in [0.05, 0.1) is 17.2 Å². The molecule has 1 N–H and O–H groups in total. The number of carbonyl (C=O) groups is 1. The highest BCUT2D eigenvalue weighted by Crippen LogP contribution is 2.35. The van der Waals surface area contributed by atoms with E-state index in [1.54, 1.807) is 30.3 Å². The molecule has 0 saturated heterocycles. The zero-order chi connectivity index (χ0) is 24.0. The lowest BCUT2D eigenvalue weighted by Gasteiger charge is -2.14. The molecule has 0 unspecified atom stereocenters. The first-order valence-corrected chi connectivity index (χ1v) is 11.4. The van der Waals surface area contributed by atoms with E-state index in [0.29, 0.717) is 37.3 Å². The molecule has 168 valence electrons. The molecule has 9 heteroatoms. The van der Waals surface area contributed by atoms with Crippen LogP contribution in [0.1, 0.15) is 11.1 Å². The Balaban J connectivity index is 1.83. The van der Waals surface area contributed by atoms with Crippen LogP contribution in [0.15, 0.2) is 64.6 Å². The predicted octanol–water partition coefficient (Wildman–Crippen LogP) is 7.54. The Hall–Kier alpha value is -2.69. The lowest BCUT2D eigenvalue weighted by atomic mass is 10.1. The van der Waals surface area contributed by atoms with Gasteiger partial charge in [-0.1, -0.05) is 68.9 Å². The summed E-state index contributed by atoms with van der Waals surface area (Å²) >= 11 is 21.5. The first-order valence-electron chi connectivity index (χ1n) is 9.44. The molecule has 0 aliphatic carbocycles. The number of carbonyl (C=O) groups excluding carboxylic acids is 1. The molecule has 0 bridgehead atoms. The normalized spacial score (nSPS) is 11.0. The van der Waals surface area contributed by atoms with Crippen molar-refractivity contribution in [2.45, 2.75) is 6.61 Å². The lowest BCUT2D eigenvalue weighted by Crippen LogP contribution is -2.13. The molecule has 0 heterocycles. The molecule has 0 atom stereocenters. The number of anilines is 1. The van der Waals surface area contributed by atoms with Crippen LogP contribution in [0, 0.1) is 11.3 Å². The van der Waals surface area contributed by atoms with Crippen molar-refractivity contribution in [2.24, 2.45) is 0 Å². The van der Waals surface area contributed by atoms with Gasteiger partial charge in [-0.05, 0) is 48.0 Å². The Morgan fingerprint density at radius 3 is 2.48 bits per heavy atom. The number of nitrogens with one attached hydrogen (secondary N) is 1. The highest BCUT2D eigenvalue weighted by molar-refractivity contribution is 9.10. The van der Waals surface area contributed by atoms with E-state index >= 15 is 0 Å². The lowest BCUT2D eigenvalue weighted by molar-refractivity contribution is -0.112. The van der Waals surface area contributed by atoms with Crippen molar-refractivity contribution in [1.82, 2.24) is 0 Å². The minimum atomic E-state index is -0.596. The maximum Gasteiger partial charge on any atom is 0.266 e. The number of hydrogen-bond acceptors (Lipinski definition) is 4. The minimum Gasteiger partial charge on any atom is -0.493 e. The van der Waals surface area contributed by atoms with E-state index in [9.17, 15) is 10.1 Å². The number of nitriles is 1. The third kappa shape index (κ3) is 6.43. The van der Waals surface area contributed by atoms with Crippen molar-refractivity contribution >= 4 is 68.4 Å². The number of hydrogen-bond donors (Lipinski definition) is 1. The highest BCUT2D eigenvalue weighted by atomic mass is 79.9. The molecular formula is C24H16BrCl3N2O3. The number of amides is 1. The van der Waals surface area contributed by atoms with Gasteiger partial charge in [0.25, 0.3) is 5.91 Å². The Kier molecular flexibility index (Phi) is 8.65. The Labute approximate surface area is 214 Å². The Morgan fingerprint density at radius 1 is 1.06 bits per heavy atom. The molecule has 0 aromatic heterocycles. The summed E-state index contributed by atoms with van der Waals surface area (Å²) in [4.78, 5) is 12.6. The largest absolute Gasteiger partial charge is 0.493 e. The molecule has 3 rings (SSSR count). The number of nitrogens with zero attached hydrogens (tertiary/aromatic N) is 1. The van der Waals surface area contributed by atoms with Gasteiger partial charge in [0.1, 0.15) is 18.2 Å². The van der Waals surface area contributed by atoms with Crippen LogP contribution < -0.4 is 14.8 Å². The van der Waals surface area contributed by atoms with Gasteiger partial charge in [0.15, 0.2) is 11.5 Å². The van der Waals surface area contributed by atoms with Gasteiger partial charge in [-0.15, -0.1) is 0 Å². The zero-order valence-electron chi connectivity index (χ0n) is 17.2. The minimum absolute atomic E-state index is 0.117. The molecule has 0 saturated carbocycles. The summed E-state index contributed by atoms with van der Waals surface area (Å²) in [6.07, 6.45) is 1.44. The second-order valence-corrected chi connectivity index (χ2v) is 8.73. The molecular weight excluding hydrogens is 551 g/mol. The fourth-order valence-electron chi connectivity index (χ4n) is 2.78. The van der Waals surface area contributed by atoms with Crippen LogP contribution in [0.3, 0.4) is 0 Å². The van der Waals surface area contributed by atoms with Gasteiger partial charge < -0.3 is 14.8 Å². The third-order valence-corrected chi connectivity index (χ3v) is 6.26. The Morgan fingerprint density at radius 2 is 1.82 bits per heavy atom. The molecule has 0 spiro atoms. The van der Waals surface area contributed by atoms with Crippen LogP contribution in [-0.4, -0.2) is 13.0 Å². The third-order valence-electron chi connectivity index (χ3n) is 4.47. The number of ether oxygens (including phenoxy) is 2. The second kappa shape index (κ2) is 11.4. The van der Waals surface area contributed by atoms with E-state index in [-0.39, 0.29) is 17.2 Å². The van der Waals surface area contributed by atoms with E-state index in [1.807, 2.05) is 24.3 Å². The summed E-state index contributed by atoms with van der Waals surface area (Å²) < 4.78 is 11.9. The topological polar surface area (TPSA) is 71.3 Å². The molecule has 5 nitrogen and oxygen atoms in total. The summed E-state index contributed by atoms with van der Waals surface area (Å²) in [5, 5.41) is 13.4. The molecule has 33 heavy (non-hydrogen) atoms. The van der Waals surface area contributed by atoms with Crippen LogP contribution >= 0.6 is 50.7 Å². The SMILES string of the molecule is COc1cc(/C=C(\C#N)C(=O)Nc2ccc(Cl)c(Cl)c2)c(Br)cc1OCc1ccccc1Cl. The molecule has 1 amide bonds. The van der Waals surface area contributed by atoms with Crippen LogP contribution in [0.25, 0.3) is 6.08 Å². The number of rotatable bonds is 7. The van der Waals surface area contributed by atoms with E-state index < -0.39 is 5.91 Å². The predicted molar refractivity (Wildman–Crippen MR) is 135 cm³/mol. The van der Waals surface area contributed by atoms with Crippen molar-refractivity contribution in [3.05, 3.63) is 90.8 Å². The molecule has 0 radical (unpaired) electrons. The van der Waals surface area contributed by atoms with Crippen molar-refractivity contribution < 1.29 is 14.3 Å². The van der Waals surface area contributed by atoms with E-state index in [0.717, 1.165) is 5.56 Å². The van der Waals surface area contributed by atoms with Gasteiger partial charge >= 0.3 is 0 Å². The zero-order valence-corrected chi connectivity index (χ0v) is 21.0. The van der Waals surface area contributed by atoms with Crippen LogP contribution in [0.2, 0.25) is 15.1 Å². The standard InChI is InChI=1S/C24H16BrCl3N2O3/c1-32-22-9-15(18(25)11-23(22)33-13-14-4-2-3-5-19(14)26)8-16(12-29)24(31)30-17-6-7-20(27)21(28)10-17/h2-11H,13H2,1H3,(H,30,31)/b16-8+. The van der Waals surface area contributed by atoms with Crippen molar-refractivity contribution in [2.75, 3.05) is 12.4 Å². The molecule has 0 aliphatic rings. The summed E-state index contributed by atoms with van der Waals surface area (Å²) in [6, 6.07) is 17.3. The number of benzene rings is 3. The molecule has 3 aromatic carbocycles. The summed E-state index contributed by atoms with van der Waals surface area (Å²) in [5.41, 5.74) is 1.67. The fourth-order valence-corrected chi connectivity index (χ4v) is 3.71. The fraction of sp³-hybridized carbons (Fsp3) is 0.0833. The summed E-state index contributed by atoms with van der Waals surface area (Å²) in [5.74, 6) is 0.305. The van der Waals surface area contributed by atoms with Crippen molar-refractivity contribution in [3.63, 3.8) is 0 Å². The quantitative estimate of drug-likeness (QED) is 0.237. The van der Waals surface area contributed by atoms with Crippen LogP contribution in [0.5, 0.6) is 11.5 Å². The summed E-state index contributed by atoms with van der Waals surface area (Å²) in [6.45, 7) is 0.243. The molecule has 0 fully saturated rings. The van der Waals surface area contributed by atoms with E-state index in [1.165, 1.54) is 19.3 Å². The first-order chi connectivity index (χ1) is 15.8. The molecule has 3 aromatic rings. The number of methoxy groups -OCH3 is 1. The second-order valence-electron chi connectivity index (χ2n) is 6.66.